The highest BCUT2D eigenvalue weighted by molar-refractivity contribution is 6.24. The molecular weight excluding hydrogens is 334 g/mol. The van der Waals surface area contributed by atoms with Gasteiger partial charge >= 0.3 is 0 Å². The molecule has 126 valence electrons. The van der Waals surface area contributed by atoms with Crippen LogP contribution in [0.5, 0.6) is 0 Å². The van der Waals surface area contributed by atoms with Crippen LogP contribution in [0.15, 0.2) is 69.9 Å². The third-order valence-electron chi connectivity index (χ3n) is 4.08. The van der Waals surface area contributed by atoms with E-state index in [1.54, 1.807) is 24.3 Å². The molecule has 3 heterocycles. The molecular formula is C19H11N3O4. The number of nitriles is 1. The van der Waals surface area contributed by atoms with E-state index in [2.05, 4.69) is 9.97 Å². The lowest BCUT2D eigenvalue weighted by Gasteiger charge is -2.19. The molecule has 7 heteroatoms. The van der Waals surface area contributed by atoms with E-state index in [-0.39, 0.29) is 17.3 Å². The monoisotopic (exact) mass is 345 g/mol. The lowest BCUT2D eigenvalue weighted by molar-refractivity contribution is 0.0770. The van der Waals surface area contributed by atoms with Gasteiger partial charge in [-0.1, -0.05) is 12.1 Å². The van der Waals surface area contributed by atoms with Crippen LogP contribution in [-0.2, 0) is 5.41 Å². The summed E-state index contributed by atoms with van der Waals surface area (Å²) in [6.07, 6.45) is 2.59. The number of carbonyl (C=O) groups excluding carboxylic acids is 2. The van der Waals surface area contributed by atoms with Crippen LogP contribution in [0.3, 0.4) is 0 Å². The van der Waals surface area contributed by atoms with Crippen molar-refractivity contribution in [3.8, 4) is 6.07 Å². The number of carbonyl (C=O) groups is 2. The SMILES string of the molecule is N#CC(C(=O)c1ccco1)(C(=O)c1ccco1)c1nc2ccccc2[nH]1. The summed E-state index contributed by atoms with van der Waals surface area (Å²) in [5.74, 6) is -1.95. The summed E-state index contributed by atoms with van der Waals surface area (Å²) in [6.45, 7) is 0. The van der Waals surface area contributed by atoms with Crippen molar-refractivity contribution in [2.24, 2.45) is 0 Å². The van der Waals surface area contributed by atoms with Gasteiger partial charge in [-0.25, -0.2) is 4.98 Å². The Balaban J connectivity index is 1.98. The lowest BCUT2D eigenvalue weighted by atomic mass is 9.77. The quantitative estimate of drug-likeness (QED) is 0.439. The summed E-state index contributed by atoms with van der Waals surface area (Å²) >= 11 is 0. The summed E-state index contributed by atoms with van der Waals surface area (Å²) in [6, 6.07) is 14.7. The van der Waals surface area contributed by atoms with Crippen molar-refractivity contribution in [1.82, 2.24) is 9.97 Å². The second-order valence-electron chi connectivity index (χ2n) is 5.58. The molecule has 3 aromatic heterocycles. The van der Waals surface area contributed by atoms with Gasteiger partial charge in [0, 0.05) is 0 Å². The van der Waals surface area contributed by atoms with Gasteiger partial charge in [-0.3, -0.25) is 9.59 Å². The van der Waals surface area contributed by atoms with Crippen molar-refractivity contribution in [2.45, 2.75) is 5.41 Å². The van der Waals surface area contributed by atoms with Crippen LogP contribution in [0.4, 0.5) is 0 Å². The number of rotatable bonds is 5. The summed E-state index contributed by atoms with van der Waals surface area (Å²) in [7, 11) is 0. The Kier molecular flexibility index (Phi) is 3.52. The highest BCUT2D eigenvalue weighted by Gasteiger charge is 2.53. The summed E-state index contributed by atoms with van der Waals surface area (Å²) in [5, 5.41) is 9.96. The lowest BCUT2D eigenvalue weighted by Crippen LogP contribution is -2.43. The third-order valence-corrected chi connectivity index (χ3v) is 4.08. The van der Waals surface area contributed by atoms with Crippen LogP contribution < -0.4 is 0 Å². The standard InChI is InChI=1S/C19H11N3O4/c20-11-19(16(23)14-7-3-9-25-14,17(24)15-8-4-10-26-15)18-21-12-5-1-2-6-13(12)22-18/h1-10H,(H,21,22). The summed E-state index contributed by atoms with van der Waals surface area (Å²) < 4.78 is 10.3. The number of imidazole rings is 1. The molecule has 0 spiro atoms. The van der Waals surface area contributed by atoms with Crippen LogP contribution in [0.1, 0.15) is 26.9 Å². The molecule has 26 heavy (non-hydrogen) atoms. The van der Waals surface area contributed by atoms with Gasteiger partial charge in [0.25, 0.3) is 0 Å². The minimum atomic E-state index is -2.26. The van der Waals surface area contributed by atoms with E-state index in [4.69, 9.17) is 8.83 Å². The number of hydrogen-bond donors (Lipinski definition) is 1. The number of para-hydroxylation sites is 2. The van der Waals surface area contributed by atoms with E-state index >= 15 is 0 Å². The topological polar surface area (TPSA) is 113 Å². The summed E-state index contributed by atoms with van der Waals surface area (Å²) in [5.41, 5.74) is -1.13. The molecule has 0 unspecified atom stereocenters. The van der Waals surface area contributed by atoms with Gasteiger partial charge < -0.3 is 13.8 Å². The minimum absolute atomic E-state index is 0.0796. The molecule has 0 atom stereocenters. The van der Waals surface area contributed by atoms with Gasteiger partial charge in [0.2, 0.25) is 17.0 Å². The molecule has 0 fully saturated rings. The Morgan fingerprint density at radius 3 is 2.08 bits per heavy atom. The molecule has 0 amide bonds. The average molecular weight is 345 g/mol. The van der Waals surface area contributed by atoms with Crippen LogP contribution in [0.25, 0.3) is 11.0 Å². The Labute approximate surface area is 146 Å². The Hall–Kier alpha value is -3.92. The molecule has 0 aliphatic carbocycles. The fourth-order valence-electron chi connectivity index (χ4n) is 2.79. The van der Waals surface area contributed by atoms with Crippen molar-refractivity contribution < 1.29 is 18.4 Å². The number of Topliss-reactive ketones (excluding diaryl/α,β-unsaturated/α-hetero) is 2. The van der Waals surface area contributed by atoms with E-state index < -0.39 is 17.0 Å². The highest BCUT2D eigenvalue weighted by Crippen LogP contribution is 2.32. The van der Waals surface area contributed by atoms with Gasteiger partial charge in [0.1, 0.15) is 5.82 Å². The first kappa shape index (κ1) is 15.6. The molecule has 0 radical (unpaired) electrons. The molecule has 1 N–H and O–H groups in total. The number of nitrogens with one attached hydrogen (secondary N) is 1. The second-order valence-corrected chi connectivity index (χ2v) is 5.58. The molecule has 7 nitrogen and oxygen atoms in total. The number of hydrogen-bond acceptors (Lipinski definition) is 6. The smallest absolute Gasteiger partial charge is 0.246 e. The average Bonchev–Trinajstić information content (AvgIpc) is 3.43. The van der Waals surface area contributed by atoms with Crippen molar-refractivity contribution in [2.75, 3.05) is 0 Å². The van der Waals surface area contributed by atoms with E-state index in [0.717, 1.165) is 0 Å². The Bertz CT molecular complexity index is 1050. The number of furan rings is 2. The maximum absolute atomic E-state index is 13.1. The molecule has 0 saturated carbocycles. The molecule has 0 saturated heterocycles. The zero-order valence-electron chi connectivity index (χ0n) is 13.3. The van der Waals surface area contributed by atoms with E-state index in [9.17, 15) is 14.9 Å². The first-order valence-corrected chi connectivity index (χ1v) is 7.70. The van der Waals surface area contributed by atoms with Crippen molar-refractivity contribution in [1.29, 1.82) is 5.26 Å². The predicted octanol–water partition coefficient (Wildman–Crippen LogP) is 3.28. The Morgan fingerprint density at radius 2 is 1.58 bits per heavy atom. The van der Waals surface area contributed by atoms with Crippen LogP contribution in [0, 0.1) is 11.3 Å². The van der Waals surface area contributed by atoms with Crippen LogP contribution >= 0.6 is 0 Å². The van der Waals surface area contributed by atoms with Crippen molar-refractivity contribution in [3.05, 3.63) is 78.4 Å². The summed E-state index contributed by atoms with van der Waals surface area (Å²) in [4.78, 5) is 33.5. The number of ketones is 2. The van der Waals surface area contributed by atoms with Gasteiger partial charge in [0.05, 0.1) is 29.6 Å². The second kappa shape index (κ2) is 5.86. The maximum Gasteiger partial charge on any atom is 0.246 e. The number of fused-ring (bicyclic) bond motifs is 1. The fourth-order valence-corrected chi connectivity index (χ4v) is 2.79. The number of benzene rings is 1. The van der Waals surface area contributed by atoms with Gasteiger partial charge in [-0.2, -0.15) is 5.26 Å². The number of nitrogens with zero attached hydrogens (tertiary/aromatic N) is 2. The molecule has 0 bridgehead atoms. The number of aromatic nitrogens is 2. The van der Waals surface area contributed by atoms with E-state index in [0.29, 0.717) is 11.0 Å². The molecule has 1 aromatic carbocycles. The predicted molar refractivity (Wildman–Crippen MR) is 89.5 cm³/mol. The van der Waals surface area contributed by atoms with Crippen LogP contribution in [0.2, 0.25) is 0 Å². The number of H-pyrrole nitrogens is 1. The number of aromatic amines is 1. The van der Waals surface area contributed by atoms with Gasteiger partial charge in [0.15, 0.2) is 11.5 Å². The van der Waals surface area contributed by atoms with E-state index in [1.807, 2.05) is 6.07 Å². The van der Waals surface area contributed by atoms with Gasteiger partial charge in [-0.05, 0) is 36.4 Å². The largest absolute Gasteiger partial charge is 0.461 e. The zero-order valence-corrected chi connectivity index (χ0v) is 13.3. The fraction of sp³-hybridized carbons (Fsp3) is 0.0526. The molecule has 0 aliphatic heterocycles. The minimum Gasteiger partial charge on any atom is -0.461 e. The Morgan fingerprint density at radius 1 is 0.962 bits per heavy atom. The molecule has 0 aliphatic rings. The third kappa shape index (κ3) is 2.17. The molecule has 4 rings (SSSR count). The van der Waals surface area contributed by atoms with Crippen molar-refractivity contribution >= 4 is 22.6 Å². The maximum atomic E-state index is 13.1. The van der Waals surface area contributed by atoms with Gasteiger partial charge in [-0.15, -0.1) is 0 Å². The highest BCUT2D eigenvalue weighted by atomic mass is 16.3. The van der Waals surface area contributed by atoms with Crippen LogP contribution in [-0.4, -0.2) is 21.5 Å². The molecule has 4 aromatic rings. The normalized spacial score (nSPS) is 11.3. The first-order chi connectivity index (χ1) is 12.7. The first-order valence-electron chi connectivity index (χ1n) is 7.70. The zero-order chi connectivity index (χ0) is 18.1. The van der Waals surface area contributed by atoms with Crippen molar-refractivity contribution in [3.63, 3.8) is 0 Å². The van der Waals surface area contributed by atoms with E-state index in [1.165, 1.54) is 36.8 Å².